The molecule has 2 atom stereocenters. The van der Waals surface area contributed by atoms with Crippen LogP contribution in [0.3, 0.4) is 0 Å². The Labute approximate surface area is 197 Å². The minimum Gasteiger partial charge on any atom is -0.495 e. The van der Waals surface area contributed by atoms with Gasteiger partial charge < -0.3 is 19.5 Å². The fraction of sp³-hybridized carbons (Fsp3) is 0.357. The summed E-state index contributed by atoms with van der Waals surface area (Å²) in [7, 11) is 1.71. The van der Waals surface area contributed by atoms with Gasteiger partial charge in [-0.25, -0.2) is 0 Å². The summed E-state index contributed by atoms with van der Waals surface area (Å²) < 4.78 is 11.8. The van der Waals surface area contributed by atoms with Crippen molar-refractivity contribution in [2.75, 3.05) is 51.3 Å². The van der Waals surface area contributed by atoms with Gasteiger partial charge in [-0.2, -0.15) is 0 Å². The van der Waals surface area contributed by atoms with E-state index in [0.29, 0.717) is 13.2 Å². The number of hydrogen-bond donors (Lipinski definition) is 1. The van der Waals surface area contributed by atoms with Crippen LogP contribution in [0.4, 0.5) is 5.69 Å². The number of benzene rings is 3. The number of β-amino-alcohol motifs (C(OH)–C–C–N with tert-alkyl or cyclic N) is 1. The third-order valence-electron chi connectivity index (χ3n) is 6.30. The molecule has 174 valence electrons. The Bertz CT molecular complexity index is 1000. The van der Waals surface area contributed by atoms with Crippen molar-refractivity contribution in [1.82, 2.24) is 4.90 Å². The predicted octanol–water partition coefficient (Wildman–Crippen LogP) is 4.29. The molecule has 4 rings (SSSR count). The van der Waals surface area contributed by atoms with E-state index in [0.717, 1.165) is 48.7 Å². The summed E-state index contributed by atoms with van der Waals surface area (Å²) in [4.78, 5) is 4.66. The van der Waals surface area contributed by atoms with Crippen molar-refractivity contribution < 1.29 is 14.6 Å². The Balaban J connectivity index is 1.33. The van der Waals surface area contributed by atoms with E-state index in [1.54, 1.807) is 7.11 Å². The van der Waals surface area contributed by atoms with E-state index >= 15 is 0 Å². The molecule has 0 unspecified atom stereocenters. The summed E-state index contributed by atoms with van der Waals surface area (Å²) in [5.74, 6) is 0.905. The van der Waals surface area contributed by atoms with E-state index in [1.165, 1.54) is 5.56 Å². The van der Waals surface area contributed by atoms with Crippen molar-refractivity contribution in [2.45, 2.75) is 19.1 Å². The fourth-order valence-electron chi connectivity index (χ4n) is 4.49. The van der Waals surface area contributed by atoms with Crippen molar-refractivity contribution in [3.63, 3.8) is 0 Å². The molecular weight excluding hydrogens is 412 g/mol. The highest BCUT2D eigenvalue weighted by Gasteiger charge is 2.23. The second kappa shape index (κ2) is 11.3. The van der Waals surface area contributed by atoms with E-state index in [9.17, 15) is 5.11 Å². The summed E-state index contributed by atoms with van der Waals surface area (Å²) in [6.45, 7) is 6.61. The Morgan fingerprint density at radius 2 is 1.52 bits per heavy atom. The lowest BCUT2D eigenvalue weighted by atomic mass is 9.97. The molecule has 1 heterocycles. The molecule has 5 heteroatoms. The van der Waals surface area contributed by atoms with Crippen LogP contribution in [0.5, 0.6) is 5.75 Å². The molecule has 1 fully saturated rings. The van der Waals surface area contributed by atoms with E-state index in [4.69, 9.17) is 9.47 Å². The molecule has 1 saturated heterocycles. The van der Waals surface area contributed by atoms with Crippen LogP contribution in [-0.2, 0) is 4.74 Å². The number of rotatable bonds is 9. The van der Waals surface area contributed by atoms with Crippen molar-refractivity contribution >= 4 is 5.69 Å². The third-order valence-corrected chi connectivity index (χ3v) is 6.30. The average molecular weight is 447 g/mol. The predicted molar refractivity (Wildman–Crippen MR) is 133 cm³/mol. The normalized spacial score (nSPS) is 16.4. The topological polar surface area (TPSA) is 45.2 Å². The molecule has 0 bridgehead atoms. The van der Waals surface area contributed by atoms with Gasteiger partial charge in [0.2, 0.25) is 0 Å². The molecule has 0 amide bonds. The molecule has 0 aromatic heterocycles. The zero-order valence-electron chi connectivity index (χ0n) is 19.6. The smallest absolute Gasteiger partial charge is 0.142 e. The average Bonchev–Trinajstić information content (AvgIpc) is 2.86. The first-order chi connectivity index (χ1) is 16.2. The molecule has 3 aromatic rings. The van der Waals surface area contributed by atoms with Crippen LogP contribution in [0.15, 0.2) is 78.9 Å². The summed E-state index contributed by atoms with van der Waals surface area (Å²) >= 11 is 0. The SMILES string of the molecule is COc1ccccc1N1CCN(C[C@@H](O)CO[C@@H](c2ccccc2)c2ccccc2C)CC1. The highest BCUT2D eigenvalue weighted by molar-refractivity contribution is 5.58. The minimum absolute atomic E-state index is 0.190. The molecule has 0 saturated carbocycles. The number of anilines is 1. The molecule has 5 nitrogen and oxygen atoms in total. The number of aryl methyl sites for hydroxylation is 1. The second-order valence-electron chi connectivity index (χ2n) is 8.59. The van der Waals surface area contributed by atoms with Gasteiger partial charge in [0.25, 0.3) is 0 Å². The Kier molecular flexibility index (Phi) is 8.00. The maximum atomic E-state index is 10.8. The molecule has 0 spiro atoms. The lowest BCUT2D eigenvalue weighted by Crippen LogP contribution is -2.49. The van der Waals surface area contributed by atoms with Gasteiger partial charge in [-0.1, -0.05) is 66.7 Å². The summed E-state index contributed by atoms with van der Waals surface area (Å²) in [5, 5.41) is 10.8. The number of nitrogens with zero attached hydrogens (tertiary/aromatic N) is 2. The Morgan fingerprint density at radius 1 is 0.848 bits per heavy atom. The first-order valence-corrected chi connectivity index (χ1v) is 11.7. The van der Waals surface area contributed by atoms with Gasteiger partial charge in [-0.15, -0.1) is 0 Å². The van der Waals surface area contributed by atoms with Gasteiger partial charge in [-0.3, -0.25) is 4.90 Å². The molecule has 0 radical (unpaired) electrons. The molecule has 1 aliphatic rings. The highest BCUT2D eigenvalue weighted by Crippen LogP contribution is 2.30. The minimum atomic E-state index is -0.543. The van der Waals surface area contributed by atoms with Gasteiger partial charge in [0.1, 0.15) is 11.9 Å². The number of methoxy groups -OCH3 is 1. The zero-order valence-corrected chi connectivity index (χ0v) is 19.6. The molecule has 3 aromatic carbocycles. The van der Waals surface area contributed by atoms with Crippen LogP contribution >= 0.6 is 0 Å². The first kappa shape index (κ1) is 23.3. The van der Waals surface area contributed by atoms with Gasteiger partial charge in [0, 0.05) is 32.7 Å². The number of aliphatic hydroxyl groups is 1. The van der Waals surface area contributed by atoms with Crippen molar-refractivity contribution in [3.05, 3.63) is 95.6 Å². The lowest BCUT2D eigenvalue weighted by Gasteiger charge is -2.37. The van der Waals surface area contributed by atoms with Crippen molar-refractivity contribution in [2.24, 2.45) is 0 Å². The van der Waals surface area contributed by atoms with Gasteiger partial charge in [0.05, 0.1) is 25.5 Å². The number of para-hydroxylation sites is 2. The monoisotopic (exact) mass is 446 g/mol. The van der Waals surface area contributed by atoms with Crippen LogP contribution in [-0.4, -0.2) is 62.6 Å². The number of aliphatic hydroxyl groups excluding tert-OH is 1. The van der Waals surface area contributed by atoms with Crippen LogP contribution in [0, 0.1) is 6.92 Å². The number of ether oxygens (including phenoxy) is 2. The maximum Gasteiger partial charge on any atom is 0.142 e. The van der Waals surface area contributed by atoms with Gasteiger partial charge >= 0.3 is 0 Å². The molecular formula is C28H34N2O3. The van der Waals surface area contributed by atoms with E-state index in [2.05, 4.69) is 47.1 Å². The van der Waals surface area contributed by atoms with Crippen LogP contribution in [0.25, 0.3) is 0 Å². The number of piperazine rings is 1. The second-order valence-corrected chi connectivity index (χ2v) is 8.59. The molecule has 0 aliphatic carbocycles. The lowest BCUT2D eigenvalue weighted by molar-refractivity contribution is -0.00911. The number of hydrogen-bond acceptors (Lipinski definition) is 5. The van der Waals surface area contributed by atoms with Crippen LogP contribution in [0.2, 0.25) is 0 Å². The third kappa shape index (κ3) is 5.93. The molecule has 1 N–H and O–H groups in total. The largest absolute Gasteiger partial charge is 0.495 e. The molecule has 1 aliphatic heterocycles. The Hall–Kier alpha value is -2.86. The van der Waals surface area contributed by atoms with E-state index in [1.807, 2.05) is 48.5 Å². The first-order valence-electron chi connectivity index (χ1n) is 11.7. The van der Waals surface area contributed by atoms with Gasteiger partial charge in [-0.05, 0) is 35.7 Å². The quantitative estimate of drug-likeness (QED) is 0.531. The summed E-state index contributed by atoms with van der Waals surface area (Å²) in [6.07, 6.45) is -0.734. The summed E-state index contributed by atoms with van der Waals surface area (Å²) in [5.41, 5.74) is 4.56. The fourth-order valence-corrected chi connectivity index (χ4v) is 4.49. The van der Waals surface area contributed by atoms with E-state index < -0.39 is 6.10 Å². The maximum absolute atomic E-state index is 10.8. The van der Waals surface area contributed by atoms with Crippen LogP contribution < -0.4 is 9.64 Å². The molecule has 33 heavy (non-hydrogen) atoms. The summed E-state index contributed by atoms with van der Waals surface area (Å²) in [6, 6.07) is 26.7. The van der Waals surface area contributed by atoms with Crippen molar-refractivity contribution in [3.8, 4) is 5.75 Å². The van der Waals surface area contributed by atoms with Crippen molar-refractivity contribution in [1.29, 1.82) is 0 Å². The van der Waals surface area contributed by atoms with Crippen LogP contribution in [0.1, 0.15) is 22.8 Å². The van der Waals surface area contributed by atoms with E-state index in [-0.39, 0.29) is 6.10 Å². The van der Waals surface area contributed by atoms with Gasteiger partial charge in [0.15, 0.2) is 0 Å². The standard InChI is InChI=1S/C28H34N2O3/c1-22-10-6-7-13-25(22)28(23-11-4-3-5-12-23)33-21-24(31)20-29-16-18-30(19-17-29)26-14-8-9-15-27(26)32-2/h3-15,24,28,31H,16-21H2,1-2H3/t24-,28+/m1/s1. The highest BCUT2D eigenvalue weighted by atomic mass is 16.5. The zero-order chi connectivity index (χ0) is 23.0. The Morgan fingerprint density at radius 3 is 2.24 bits per heavy atom.